The molecule has 1 amide bonds. The smallest absolute Gasteiger partial charge is 0.313 e. The molecule has 0 unspecified atom stereocenters. The predicted molar refractivity (Wildman–Crippen MR) is 47.7 cm³/mol. The zero-order valence-electron chi connectivity index (χ0n) is 7.62. The van der Waals surface area contributed by atoms with Crippen LogP contribution in [0.1, 0.15) is 0 Å². The Morgan fingerprint density at radius 2 is 2.06 bits per heavy atom. The minimum Gasteiger partial charge on any atom is -0.313 e. The van der Waals surface area contributed by atoms with E-state index >= 15 is 0 Å². The number of nitrogens with zero attached hydrogens (tertiary/aromatic N) is 1. The van der Waals surface area contributed by atoms with Crippen LogP contribution in [-0.2, 0) is 4.79 Å². The summed E-state index contributed by atoms with van der Waals surface area (Å²) in [4.78, 5) is 20.0. The van der Waals surface area contributed by atoms with E-state index in [1.165, 1.54) is 5.32 Å². The van der Waals surface area contributed by atoms with Crippen LogP contribution in [0.15, 0.2) is 18.2 Å². The van der Waals surface area contributed by atoms with Gasteiger partial charge in [-0.2, -0.15) is 8.78 Å². The summed E-state index contributed by atoms with van der Waals surface area (Å²) >= 11 is 0. The van der Waals surface area contributed by atoms with E-state index in [9.17, 15) is 28.1 Å². The van der Waals surface area contributed by atoms with Gasteiger partial charge in [0.1, 0.15) is 0 Å². The number of nitro benzene ring substituents is 1. The van der Waals surface area contributed by atoms with Crippen molar-refractivity contribution in [1.82, 2.24) is 0 Å². The zero-order chi connectivity index (χ0) is 12.3. The lowest BCUT2D eigenvalue weighted by Gasteiger charge is -2.05. The molecular weight excluding hydrogens is 229 g/mol. The van der Waals surface area contributed by atoms with E-state index < -0.39 is 34.4 Å². The van der Waals surface area contributed by atoms with Crippen LogP contribution in [0.2, 0.25) is 0 Å². The fourth-order valence-corrected chi connectivity index (χ4v) is 0.966. The molecule has 5 nitrogen and oxygen atoms in total. The molecule has 1 rings (SSSR count). The van der Waals surface area contributed by atoms with Crippen molar-refractivity contribution in [3.05, 3.63) is 34.1 Å². The van der Waals surface area contributed by atoms with Gasteiger partial charge in [-0.15, -0.1) is 0 Å². The number of alkyl halides is 2. The number of hydrogen-bond acceptors (Lipinski definition) is 3. The van der Waals surface area contributed by atoms with E-state index in [1.807, 2.05) is 0 Å². The fraction of sp³-hybridized carbons (Fsp3) is 0.125. The highest BCUT2D eigenvalue weighted by atomic mass is 19.3. The van der Waals surface area contributed by atoms with E-state index in [1.54, 1.807) is 0 Å². The monoisotopic (exact) mass is 234 g/mol. The van der Waals surface area contributed by atoms with Crippen LogP contribution in [0, 0.1) is 15.9 Å². The van der Waals surface area contributed by atoms with Gasteiger partial charge in [0.25, 0.3) is 11.6 Å². The van der Waals surface area contributed by atoms with Crippen molar-refractivity contribution in [2.24, 2.45) is 0 Å². The van der Waals surface area contributed by atoms with Gasteiger partial charge < -0.3 is 5.32 Å². The molecule has 86 valence electrons. The second kappa shape index (κ2) is 4.60. The molecule has 0 radical (unpaired) electrons. The van der Waals surface area contributed by atoms with Crippen molar-refractivity contribution in [2.75, 3.05) is 5.32 Å². The first kappa shape index (κ1) is 12.0. The second-order valence-corrected chi connectivity index (χ2v) is 2.68. The molecule has 1 aromatic rings. The summed E-state index contributed by atoms with van der Waals surface area (Å²) in [6.45, 7) is 0. The first-order chi connectivity index (χ1) is 7.43. The molecule has 0 fully saturated rings. The SMILES string of the molecule is O=C(Nc1c(F)cccc1[N+](=O)[O-])C(F)F. The van der Waals surface area contributed by atoms with E-state index in [0.29, 0.717) is 0 Å². The van der Waals surface area contributed by atoms with Gasteiger partial charge in [-0.3, -0.25) is 14.9 Å². The van der Waals surface area contributed by atoms with Crippen LogP contribution in [-0.4, -0.2) is 17.3 Å². The quantitative estimate of drug-likeness (QED) is 0.641. The van der Waals surface area contributed by atoms with E-state index in [4.69, 9.17) is 0 Å². The maximum Gasteiger partial charge on any atom is 0.315 e. The Hall–Kier alpha value is -2.12. The summed E-state index contributed by atoms with van der Waals surface area (Å²) < 4.78 is 36.8. The molecule has 0 atom stereocenters. The molecule has 0 saturated carbocycles. The van der Waals surface area contributed by atoms with E-state index in [0.717, 1.165) is 18.2 Å². The van der Waals surface area contributed by atoms with Gasteiger partial charge in [0.2, 0.25) is 0 Å². The van der Waals surface area contributed by atoms with Crippen molar-refractivity contribution in [3.63, 3.8) is 0 Å². The summed E-state index contributed by atoms with van der Waals surface area (Å²) in [5.41, 5.74) is -1.65. The number of para-hydroxylation sites is 1. The Labute approximate surface area is 87.0 Å². The highest BCUT2D eigenvalue weighted by Gasteiger charge is 2.23. The van der Waals surface area contributed by atoms with Gasteiger partial charge in [-0.1, -0.05) is 6.07 Å². The molecule has 0 spiro atoms. The number of rotatable bonds is 3. The molecule has 0 saturated heterocycles. The Morgan fingerprint density at radius 1 is 1.44 bits per heavy atom. The Bertz CT molecular complexity index is 437. The molecule has 0 heterocycles. The third-order valence-corrected chi connectivity index (χ3v) is 1.63. The lowest BCUT2D eigenvalue weighted by atomic mass is 10.2. The van der Waals surface area contributed by atoms with Gasteiger partial charge >= 0.3 is 6.43 Å². The van der Waals surface area contributed by atoms with Crippen molar-refractivity contribution >= 4 is 17.3 Å². The fourth-order valence-electron chi connectivity index (χ4n) is 0.966. The standard InChI is InChI=1S/C8H5F3N2O3/c9-4-2-1-3-5(13(15)16)6(4)12-8(14)7(10)11/h1-3,7H,(H,12,14). The third-order valence-electron chi connectivity index (χ3n) is 1.63. The van der Waals surface area contributed by atoms with Gasteiger partial charge in [0.05, 0.1) is 4.92 Å². The van der Waals surface area contributed by atoms with Crippen LogP contribution in [0.3, 0.4) is 0 Å². The van der Waals surface area contributed by atoms with E-state index in [-0.39, 0.29) is 0 Å². The van der Waals surface area contributed by atoms with Crippen molar-refractivity contribution in [2.45, 2.75) is 6.43 Å². The van der Waals surface area contributed by atoms with Crippen LogP contribution >= 0.6 is 0 Å². The topological polar surface area (TPSA) is 72.2 Å². The van der Waals surface area contributed by atoms with Crippen molar-refractivity contribution in [1.29, 1.82) is 0 Å². The summed E-state index contributed by atoms with van der Waals surface area (Å²) in [7, 11) is 0. The number of hydrogen-bond donors (Lipinski definition) is 1. The van der Waals surface area contributed by atoms with Crippen molar-refractivity contribution < 1.29 is 22.9 Å². The second-order valence-electron chi connectivity index (χ2n) is 2.68. The summed E-state index contributed by atoms with van der Waals surface area (Å²) in [6.07, 6.45) is -3.38. The maximum absolute atomic E-state index is 13.1. The molecule has 0 aromatic heterocycles. The lowest BCUT2D eigenvalue weighted by Crippen LogP contribution is -2.21. The number of amides is 1. The number of halogens is 3. The number of carbonyl (C=O) groups excluding carboxylic acids is 1. The van der Waals surface area contributed by atoms with Crippen LogP contribution in [0.5, 0.6) is 0 Å². The molecule has 0 bridgehead atoms. The van der Waals surface area contributed by atoms with Gasteiger partial charge in [-0.25, -0.2) is 4.39 Å². The van der Waals surface area contributed by atoms with Gasteiger partial charge in [-0.05, 0) is 6.07 Å². The lowest BCUT2D eigenvalue weighted by molar-refractivity contribution is -0.384. The number of benzene rings is 1. The largest absolute Gasteiger partial charge is 0.315 e. The summed E-state index contributed by atoms with van der Waals surface area (Å²) in [6, 6.07) is 2.74. The Morgan fingerprint density at radius 3 is 2.56 bits per heavy atom. The minimum atomic E-state index is -3.38. The molecular formula is C8H5F3N2O3. The molecule has 1 aromatic carbocycles. The normalized spacial score (nSPS) is 10.2. The molecule has 0 aliphatic rings. The van der Waals surface area contributed by atoms with Crippen LogP contribution in [0.4, 0.5) is 24.5 Å². The number of carbonyl (C=O) groups is 1. The molecule has 16 heavy (non-hydrogen) atoms. The van der Waals surface area contributed by atoms with Crippen LogP contribution < -0.4 is 5.32 Å². The first-order valence-corrected chi connectivity index (χ1v) is 3.95. The van der Waals surface area contributed by atoms with Gasteiger partial charge in [0.15, 0.2) is 11.5 Å². The maximum atomic E-state index is 13.1. The first-order valence-electron chi connectivity index (χ1n) is 3.95. The van der Waals surface area contributed by atoms with Gasteiger partial charge in [0, 0.05) is 6.07 Å². The summed E-state index contributed by atoms with van der Waals surface area (Å²) in [5, 5.41) is 11.9. The molecule has 1 N–H and O–H groups in total. The highest BCUT2D eigenvalue weighted by Crippen LogP contribution is 2.27. The van der Waals surface area contributed by atoms with Crippen molar-refractivity contribution in [3.8, 4) is 0 Å². The number of nitro groups is 1. The number of nitrogens with one attached hydrogen (secondary N) is 1. The Balaban J connectivity index is 3.11. The Kier molecular flexibility index (Phi) is 3.44. The number of anilines is 1. The highest BCUT2D eigenvalue weighted by molar-refractivity contribution is 5.95. The molecule has 0 aliphatic carbocycles. The molecule has 0 aliphatic heterocycles. The average molecular weight is 234 g/mol. The van der Waals surface area contributed by atoms with Crippen LogP contribution in [0.25, 0.3) is 0 Å². The minimum absolute atomic E-state index is 0.783. The average Bonchev–Trinajstić information content (AvgIpc) is 2.20. The molecule has 8 heteroatoms. The zero-order valence-corrected chi connectivity index (χ0v) is 7.62. The van der Waals surface area contributed by atoms with E-state index in [2.05, 4.69) is 0 Å². The predicted octanol–water partition coefficient (Wildman–Crippen LogP) is 1.94. The third kappa shape index (κ3) is 2.47. The summed E-state index contributed by atoms with van der Waals surface area (Å²) in [5.74, 6) is -2.95.